The lowest BCUT2D eigenvalue weighted by molar-refractivity contribution is -0.136. The van der Waals surface area contributed by atoms with Crippen molar-refractivity contribution in [3.8, 4) is 0 Å². The summed E-state index contributed by atoms with van der Waals surface area (Å²) in [7, 11) is 1.40. The standard InChI is InChI=1S/C13H16BrNO2/c1-3-10(13(16)17-2)8-9-15-12-7-5-4-6-11(12)14/h4-8,15H,3,9H2,1-2H3/b10-8-. The van der Waals surface area contributed by atoms with Gasteiger partial charge >= 0.3 is 5.97 Å². The minimum Gasteiger partial charge on any atom is -0.466 e. The number of rotatable bonds is 5. The molecule has 0 bridgehead atoms. The summed E-state index contributed by atoms with van der Waals surface area (Å²) in [4.78, 5) is 11.3. The Bertz CT molecular complexity index is 416. The van der Waals surface area contributed by atoms with Crippen molar-refractivity contribution in [1.82, 2.24) is 0 Å². The van der Waals surface area contributed by atoms with Crippen molar-refractivity contribution in [2.24, 2.45) is 0 Å². The predicted octanol–water partition coefficient (Wildman–Crippen LogP) is 3.37. The number of ether oxygens (including phenoxy) is 1. The predicted molar refractivity (Wildman–Crippen MR) is 73.0 cm³/mol. The van der Waals surface area contributed by atoms with E-state index in [2.05, 4.69) is 26.0 Å². The van der Waals surface area contributed by atoms with Crippen LogP contribution < -0.4 is 5.32 Å². The Hall–Kier alpha value is -1.29. The zero-order valence-corrected chi connectivity index (χ0v) is 11.6. The zero-order valence-electron chi connectivity index (χ0n) is 10.00. The molecular formula is C13H16BrNO2. The van der Waals surface area contributed by atoms with Gasteiger partial charge in [0.05, 0.1) is 7.11 Å². The van der Waals surface area contributed by atoms with Gasteiger partial charge in [-0.15, -0.1) is 0 Å². The first-order chi connectivity index (χ1) is 8.19. The molecule has 0 aliphatic heterocycles. The summed E-state index contributed by atoms with van der Waals surface area (Å²) in [5.41, 5.74) is 1.69. The first kappa shape index (κ1) is 13.8. The van der Waals surface area contributed by atoms with E-state index < -0.39 is 0 Å². The minimum absolute atomic E-state index is 0.263. The molecule has 0 fully saturated rings. The lowest BCUT2D eigenvalue weighted by Crippen LogP contribution is -2.07. The molecule has 17 heavy (non-hydrogen) atoms. The molecule has 0 amide bonds. The average Bonchev–Trinajstić information content (AvgIpc) is 2.36. The second kappa shape index (κ2) is 7.12. The highest BCUT2D eigenvalue weighted by atomic mass is 79.9. The first-order valence-electron chi connectivity index (χ1n) is 5.44. The van der Waals surface area contributed by atoms with E-state index in [1.165, 1.54) is 7.11 Å². The molecule has 3 nitrogen and oxygen atoms in total. The summed E-state index contributed by atoms with van der Waals surface area (Å²) in [6.45, 7) is 2.53. The number of hydrogen-bond donors (Lipinski definition) is 1. The van der Waals surface area contributed by atoms with Crippen LogP contribution in [0.15, 0.2) is 40.4 Å². The highest BCUT2D eigenvalue weighted by Gasteiger charge is 2.05. The molecule has 4 heteroatoms. The van der Waals surface area contributed by atoms with Gasteiger partial charge in [-0.25, -0.2) is 4.79 Å². The maximum Gasteiger partial charge on any atom is 0.333 e. The Labute approximate surface area is 110 Å². The number of halogens is 1. The summed E-state index contributed by atoms with van der Waals surface area (Å²) >= 11 is 3.45. The molecule has 0 atom stereocenters. The highest BCUT2D eigenvalue weighted by molar-refractivity contribution is 9.10. The summed E-state index contributed by atoms with van der Waals surface area (Å²) in [5, 5.41) is 3.23. The number of esters is 1. The molecular weight excluding hydrogens is 282 g/mol. The number of carbonyl (C=O) groups excluding carboxylic acids is 1. The van der Waals surface area contributed by atoms with E-state index in [-0.39, 0.29) is 5.97 Å². The Morgan fingerprint density at radius 1 is 1.47 bits per heavy atom. The van der Waals surface area contributed by atoms with Gasteiger partial charge in [0.25, 0.3) is 0 Å². The minimum atomic E-state index is -0.263. The van der Waals surface area contributed by atoms with Crippen LogP contribution in [0.25, 0.3) is 0 Å². The van der Waals surface area contributed by atoms with E-state index in [1.54, 1.807) is 0 Å². The SMILES string of the molecule is CC/C(=C/CNc1ccccc1Br)C(=O)OC. The van der Waals surface area contributed by atoms with Gasteiger partial charge in [0.1, 0.15) is 0 Å². The maximum atomic E-state index is 11.3. The second-order valence-electron chi connectivity index (χ2n) is 3.44. The summed E-state index contributed by atoms with van der Waals surface area (Å²) in [6, 6.07) is 7.85. The molecule has 0 radical (unpaired) electrons. The number of hydrogen-bond acceptors (Lipinski definition) is 3. The summed E-state index contributed by atoms with van der Waals surface area (Å²) in [6.07, 6.45) is 2.52. The molecule has 0 aromatic heterocycles. The number of methoxy groups -OCH3 is 1. The molecule has 0 saturated heterocycles. The second-order valence-corrected chi connectivity index (χ2v) is 4.29. The van der Waals surface area contributed by atoms with E-state index >= 15 is 0 Å². The summed E-state index contributed by atoms with van der Waals surface area (Å²) in [5.74, 6) is -0.263. The molecule has 92 valence electrons. The fourth-order valence-corrected chi connectivity index (χ4v) is 1.82. The first-order valence-corrected chi connectivity index (χ1v) is 6.24. The van der Waals surface area contributed by atoms with Crippen molar-refractivity contribution in [3.05, 3.63) is 40.4 Å². The number of para-hydroxylation sites is 1. The van der Waals surface area contributed by atoms with Gasteiger partial charge in [0, 0.05) is 22.3 Å². The molecule has 1 aromatic rings. The van der Waals surface area contributed by atoms with Crippen LogP contribution in [0.4, 0.5) is 5.69 Å². The number of benzene rings is 1. The molecule has 0 aliphatic carbocycles. The fourth-order valence-electron chi connectivity index (χ4n) is 1.39. The zero-order chi connectivity index (χ0) is 12.7. The number of carbonyl (C=O) groups is 1. The van der Waals surface area contributed by atoms with Crippen LogP contribution in [0.2, 0.25) is 0 Å². The van der Waals surface area contributed by atoms with Crippen molar-refractivity contribution in [1.29, 1.82) is 0 Å². The van der Waals surface area contributed by atoms with E-state index in [0.29, 0.717) is 18.5 Å². The van der Waals surface area contributed by atoms with Gasteiger partial charge in [-0.1, -0.05) is 25.1 Å². The number of anilines is 1. The van der Waals surface area contributed by atoms with E-state index in [0.717, 1.165) is 10.2 Å². The van der Waals surface area contributed by atoms with Crippen LogP contribution >= 0.6 is 15.9 Å². The van der Waals surface area contributed by atoms with E-state index in [9.17, 15) is 4.79 Å². The van der Waals surface area contributed by atoms with Crippen molar-refractivity contribution >= 4 is 27.6 Å². The highest BCUT2D eigenvalue weighted by Crippen LogP contribution is 2.20. The molecule has 0 saturated carbocycles. The molecule has 0 aliphatic rings. The smallest absolute Gasteiger partial charge is 0.333 e. The van der Waals surface area contributed by atoms with Crippen molar-refractivity contribution in [2.75, 3.05) is 19.0 Å². The fraction of sp³-hybridized carbons (Fsp3) is 0.308. The topological polar surface area (TPSA) is 38.3 Å². The lowest BCUT2D eigenvalue weighted by atomic mass is 10.2. The van der Waals surface area contributed by atoms with Crippen LogP contribution in [-0.2, 0) is 9.53 Å². The average molecular weight is 298 g/mol. The molecule has 0 unspecified atom stereocenters. The molecule has 1 rings (SSSR count). The third-order valence-corrected chi connectivity index (χ3v) is 3.03. The van der Waals surface area contributed by atoms with Crippen LogP contribution in [0.1, 0.15) is 13.3 Å². The van der Waals surface area contributed by atoms with Crippen LogP contribution in [0, 0.1) is 0 Å². The van der Waals surface area contributed by atoms with Crippen LogP contribution in [-0.4, -0.2) is 19.6 Å². The Morgan fingerprint density at radius 2 is 2.18 bits per heavy atom. The van der Waals surface area contributed by atoms with Gasteiger partial charge in [0.2, 0.25) is 0 Å². The monoisotopic (exact) mass is 297 g/mol. The van der Waals surface area contributed by atoms with Gasteiger partial charge in [-0.05, 0) is 34.5 Å². The molecule has 1 aromatic carbocycles. The molecule has 0 spiro atoms. The maximum absolute atomic E-state index is 11.3. The Kier molecular flexibility index (Phi) is 5.77. The van der Waals surface area contributed by atoms with Crippen LogP contribution in [0.3, 0.4) is 0 Å². The van der Waals surface area contributed by atoms with Crippen molar-refractivity contribution < 1.29 is 9.53 Å². The van der Waals surface area contributed by atoms with Gasteiger partial charge < -0.3 is 10.1 Å². The normalized spacial score (nSPS) is 11.1. The quantitative estimate of drug-likeness (QED) is 0.669. The van der Waals surface area contributed by atoms with Gasteiger partial charge in [-0.2, -0.15) is 0 Å². The van der Waals surface area contributed by atoms with Crippen molar-refractivity contribution in [3.63, 3.8) is 0 Å². The van der Waals surface area contributed by atoms with Crippen LogP contribution in [0.5, 0.6) is 0 Å². The largest absolute Gasteiger partial charge is 0.466 e. The third-order valence-electron chi connectivity index (χ3n) is 2.34. The van der Waals surface area contributed by atoms with E-state index in [1.807, 2.05) is 37.3 Å². The molecule has 1 N–H and O–H groups in total. The lowest BCUT2D eigenvalue weighted by Gasteiger charge is -2.07. The van der Waals surface area contributed by atoms with Gasteiger partial charge in [0.15, 0.2) is 0 Å². The molecule has 0 heterocycles. The van der Waals surface area contributed by atoms with Gasteiger partial charge in [-0.3, -0.25) is 0 Å². The Morgan fingerprint density at radius 3 is 2.76 bits per heavy atom. The van der Waals surface area contributed by atoms with E-state index in [4.69, 9.17) is 0 Å². The van der Waals surface area contributed by atoms with Crippen molar-refractivity contribution in [2.45, 2.75) is 13.3 Å². The summed E-state index contributed by atoms with van der Waals surface area (Å²) < 4.78 is 5.69. The Balaban J connectivity index is 2.59. The third kappa shape index (κ3) is 4.23. The number of nitrogens with one attached hydrogen (secondary N) is 1.